The van der Waals surface area contributed by atoms with Gasteiger partial charge in [-0.3, -0.25) is 14.5 Å². The number of β-lactam (4-membered cyclic amide) rings is 1. The molecule has 5 N–H and O–H groups in total. The molecular weight excluding hydrogens is 549 g/mol. The number of amides is 2. The van der Waals surface area contributed by atoms with Gasteiger partial charge in [0.2, 0.25) is 0 Å². The second-order valence-corrected chi connectivity index (χ2v) is 12.2. The minimum absolute atomic E-state index is 0.0735. The Balaban J connectivity index is 1.42. The van der Waals surface area contributed by atoms with Crippen LogP contribution in [0, 0.1) is 0 Å². The zero-order chi connectivity index (χ0) is 26.0. The van der Waals surface area contributed by atoms with Crippen molar-refractivity contribution in [3.8, 4) is 0 Å². The van der Waals surface area contributed by atoms with E-state index in [9.17, 15) is 24.7 Å². The fraction of sp³-hybridized carbons (Fsp3) is 0.421. The highest BCUT2D eigenvalue weighted by atomic mass is 32.2. The summed E-state index contributed by atoms with van der Waals surface area (Å²) in [6.45, 7) is 0.851. The molecule has 36 heavy (non-hydrogen) atoms. The van der Waals surface area contributed by atoms with E-state index in [1.807, 2.05) is 14.1 Å². The first kappa shape index (κ1) is 26.3. The van der Waals surface area contributed by atoms with Gasteiger partial charge in [0.25, 0.3) is 11.8 Å². The molecular formula is C19H22N8O5S4. The number of anilines is 1. The fourth-order valence-corrected chi connectivity index (χ4v) is 7.40. The van der Waals surface area contributed by atoms with Crippen LogP contribution in [0.1, 0.15) is 10.7 Å². The molecule has 17 heteroatoms. The number of nitrogens with zero attached hydrogens (tertiary/aromatic N) is 6. The average Bonchev–Trinajstić information content (AvgIpc) is 3.48. The van der Waals surface area contributed by atoms with Crippen LogP contribution >= 0.6 is 46.2 Å². The molecule has 2 aromatic heterocycles. The summed E-state index contributed by atoms with van der Waals surface area (Å²) in [5, 5.41) is 34.9. The molecule has 4 heterocycles. The van der Waals surface area contributed by atoms with Gasteiger partial charge in [-0.1, -0.05) is 28.3 Å². The summed E-state index contributed by atoms with van der Waals surface area (Å²) < 4.78 is 0.728. The van der Waals surface area contributed by atoms with Crippen molar-refractivity contribution in [1.29, 1.82) is 0 Å². The van der Waals surface area contributed by atoms with Gasteiger partial charge in [0, 0.05) is 29.9 Å². The van der Waals surface area contributed by atoms with E-state index in [1.54, 1.807) is 0 Å². The van der Waals surface area contributed by atoms with Gasteiger partial charge in [0.1, 0.15) is 27.8 Å². The van der Waals surface area contributed by atoms with Crippen molar-refractivity contribution in [2.45, 2.75) is 22.2 Å². The van der Waals surface area contributed by atoms with Crippen LogP contribution in [0.3, 0.4) is 0 Å². The summed E-state index contributed by atoms with van der Waals surface area (Å²) in [4.78, 5) is 44.7. The van der Waals surface area contributed by atoms with Gasteiger partial charge in [-0.25, -0.2) is 9.78 Å². The van der Waals surface area contributed by atoms with Crippen LogP contribution < -0.4 is 11.1 Å². The van der Waals surface area contributed by atoms with Crippen LogP contribution in [0.4, 0.5) is 5.13 Å². The first-order chi connectivity index (χ1) is 17.2. The van der Waals surface area contributed by atoms with E-state index in [0.717, 1.165) is 33.6 Å². The number of carboxylic acids is 1. The van der Waals surface area contributed by atoms with Crippen molar-refractivity contribution >= 4 is 74.8 Å². The van der Waals surface area contributed by atoms with E-state index in [1.165, 1.54) is 45.1 Å². The quantitative estimate of drug-likeness (QED) is 0.101. The summed E-state index contributed by atoms with van der Waals surface area (Å²) in [6, 6.07) is -0.971. The molecule has 0 aromatic carbocycles. The molecule has 1 unspecified atom stereocenters. The largest absolute Gasteiger partial charge is 0.477 e. The van der Waals surface area contributed by atoms with Crippen molar-refractivity contribution in [2.75, 3.05) is 37.9 Å². The third-order valence-corrected chi connectivity index (χ3v) is 9.42. The van der Waals surface area contributed by atoms with Crippen molar-refractivity contribution in [2.24, 2.45) is 5.16 Å². The van der Waals surface area contributed by atoms with Crippen molar-refractivity contribution in [1.82, 2.24) is 30.3 Å². The van der Waals surface area contributed by atoms with Gasteiger partial charge in [-0.15, -0.1) is 33.3 Å². The monoisotopic (exact) mass is 570 g/mol. The first-order valence-corrected chi connectivity index (χ1v) is 14.2. The van der Waals surface area contributed by atoms with Crippen molar-refractivity contribution in [3.63, 3.8) is 0 Å². The number of rotatable bonds is 10. The molecule has 2 aliphatic heterocycles. The molecule has 0 bridgehead atoms. The van der Waals surface area contributed by atoms with E-state index < -0.39 is 29.2 Å². The summed E-state index contributed by atoms with van der Waals surface area (Å²) in [5.41, 5.74) is 5.76. The van der Waals surface area contributed by atoms with Crippen LogP contribution in [-0.2, 0) is 20.8 Å². The molecule has 0 spiro atoms. The Hall–Kier alpha value is -2.73. The van der Waals surface area contributed by atoms with E-state index >= 15 is 0 Å². The number of nitrogen functional groups attached to an aromatic ring is 1. The van der Waals surface area contributed by atoms with Gasteiger partial charge < -0.3 is 26.3 Å². The Morgan fingerprint density at radius 2 is 2.17 bits per heavy atom. The number of carbonyl (C=O) groups excluding carboxylic acids is 2. The molecule has 192 valence electrons. The number of carboxylic acid groups (broad SMARTS) is 1. The van der Waals surface area contributed by atoms with Gasteiger partial charge >= 0.3 is 5.97 Å². The highest BCUT2D eigenvalue weighted by Gasteiger charge is 2.54. The number of carbonyl (C=O) groups is 3. The number of nitrogens with two attached hydrogens (primary N) is 1. The fourth-order valence-electron chi connectivity index (χ4n) is 3.48. The Morgan fingerprint density at radius 3 is 2.81 bits per heavy atom. The maximum absolute atomic E-state index is 12.9. The van der Waals surface area contributed by atoms with E-state index in [-0.39, 0.29) is 22.2 Å². The summed E-state index contributed by atoms with van der Waals surface area (Å²) in [6.07, 6.45) is 0.778. The predicted octanol–water partition coefficient (Wildman–Crippen LogP) is 0.390. The minimum atomic E-state index is -1.21. The lowest BCUT2D eigenvalue weighted by Crippen LogP contribution is -2.71. The number of thioether (sulfide) groups is 2. The van der Waals surface area contributed by atoms with Crippen LogP contribution in [-0.4, -0.2) is 102 Å². The molecule has 2 atom stereocenters. The number of fused-ring (bicyclic) bond motifs is 1. The Morgan fingerprint density at radius 1 is 1.39 bits per heavy atom. The molecule has 0 aliphatic carbocycles. The molecule has 4 rings (SSSR count). The molecule has 2 amide bonds. The SMILES string of the molecule is CN(C)CCc1nnc(SCC2=C(C(=O)O)N3C(=O)C(NC(=O)C(=NO)c4csc(N)n4)[C@@H]3SC2)s1. The number of hydrogen-bond donors (Lipinski definition) is 4. The normalized spacial score (nSPS) is 19.9. The van der Waals surface area contributed by atoms with E-state index in [0.29, 0.717) is 17.1 Å². The van der Waals surface area contributed by atoms with Crippen molar-refractivity contribution < 1.29 is 24.7 Å². The van der Waals surface area contributed by atoms with Gasteiger partial charge in [-0.2, -0.15) is 0 Å². The second kappa shape index (κ2) is 11.1. The zero-order valence-corrected chi connectivity index (χ0v) is 22.3. The average molecular weight is 571 g/mol. The lowest BCUT2D eigenvalue weighted by atomic mass is 10.0. The molecule has 0 radical (unpaired) electrons. The smallest absolute Gasteiger partial charge is 0.352 e. The molecule has 2 aromatic rings. The maximum Gasteiger partial charge on any atom is 0.352 e. The summed E-state index contributed by atoms with van der Waals surface area (Å²) in [7, 11) is 3.96. The van der Waals surface area contributed by atoms with Crippen LogP contribution in [0.15, 0.2) is 26.1 Å². The number of likely N-dealkylation sites (N-methyl/N-ethyl adjacent to an activating group) is 1. The lowest BCUT2D eigenvalue weighted by Gasteiger charge is -2.49. The van der Waals surface area contributed by atoms with E-state index in [4.69, 9.17) is 5.73 Å². The maximum atomic E-state index is 12.9. The zero-order valence-electron chi connectivity index (χ0n) is 19.1. The van der Waals surface area contributed by atoms with Crippen molar-refractivity contribution in [3.05, 3.63) is 27.4 Å². The van der Waals surface area contributed by atoms with Crippen LogP contribution in [0.25, 0.3) is 0 Å². The standard InChI is InChI=1S/C19H22N8O5S4/c1-26(2)4-3-10-23-24-19(36-10)35-6-8-5-33-16-12(15(29)27(16)13(8)17(30)31)22-14(28)11(25-32)9-7-34-18(20)21-9/h7,12,16,32H,3-6H2,1-2H3,(H2,20,21)(H,22,28)(H,30,31)/t12?,16-/m0/s1. The number of aromatic nitrogens is 3. The second-order valence-electron chi connectivity index (χ2n) is 7.94. The highest BCUT2D eigenvalue weighted by molar-refractivity contribution is 8.01. The van der Waals surface area contributed by atoms with Gasteiger partial charge in [0.15, 0.2) is 15.2 Å². The Bertz CT molecular complexity index is 1240. The minimum Gasteiger partial charge on any atom is -0.477 e. The lowest BCUT2D eigenvalue weighted by molar-refractivity contribution is -0.150. The number of aliphatic carboxylic acids is 1. The number of thiazole rings is 1. The van der Waals surface area contributed by atoms with E-state index in [2.05, 4.69) is 30.6 Å². The van der Waals surface area contributed by atoms with Gasteiger partial charge in [-0.05, 0) is 19.7 Å². The predicted molar refractivity (Wildman–Crippen MR) is 137 cm³/mol. The molecule has 1 saturated heterocycles. The number of oxime groups is 1. The third-order valence-electron chi connectivity index (χ3n) is 5.21. The number of nitrogens with one attached hydrogen (secondary N) is 1. The molecule has 1 fully saturated rings. The highest BCUT2D eigenvalue weighted by Crippen LogP contribution is 2.41. The third kappa shape index (κ3) is 5.49. The first-order valence-electron chi connectivity index (χ1n) is 10.4. The summed E-state index contributed by atoms with van der Waals surface area (Å²) in [5.74, 6) is -1.88. The molecule has 2 aliphatic rings. The topological polar surface area (TPSA) is 187 Å². The molecule has 0 saturated carbocycles. The Labute approximate surface area is 221 Å². The Kier molecular flexibility index (Phi) is 8.13. The van der Waals surface area contributed by atoms with Crippen LogP contribution in [0.5, 0.6) is 0 Å². The van der Waals surface area contributed by atoms with Gasteiger partial charge in [0.05, 0.1) is 0 Å². The summed E-state index contributed by atoms with van der Waals surface area (Å²) >= 11 is 5.26. The van der Waals surface area contributed by atoms with Crippen LogP contribution in [0.2, 0.25) is 0 Å². The number of hydrogen-bond acceptors (Lipinski definition) is 14. The molecule has 13 nitrogen and oxygen atoms in total.